The molecule has 96 valence electrons. The van der Waals surface area contributed by atoms with Crippen molar-refractivity contribution < 1.29 is 9.21 Å². The number of rotatable bonds is 3. The zero-order chi connectivity index (χ0) is 13.3. The van der Waals surface area contributed by atoms with Gasteiger partial charge in [0, 0.05) is 22.0 Å². The molecule has 0 unspecified atom stereocenters. The number of fused-ring (bicyclic) bond motifs is 1. The van der Waals surface area contributed by atoms with Crippen LogP contribution in [0.4, 0.5) is 0 Å². The highest BCUT2D eigenvalue weighted by atomic mass is 35.5. The molecule has 1 amide bonds. The molecule has 1 aromatic heterocycles. The molecular formula is C14H16ClNO2. The fourth-order valence-corrected chi connectivity index (χ4v) is 2.05. The van der Waals surface area contributed by atoms with Gasteiger partial charge in [0.05, 0.1) is 12.7 Å². The summed E-state index contributed by atoms with van der Waals surface area (Å²) in [5.41, 5.74) is 2.60. The maximum absolute atomic E-state index is 11.7. The summed E-state index contributed by atoms with van der Waals surface area (Å²) in [4.78, 5) is 11.7. The van der Waals surface area contributed by atoms with Crippen LogP contribution in [0, 0.1) is 6.92 Å². The molecule has 0 bridgehead atoms. The lowest BCUT2D eigenvalue weighted by atomic mass is 10.1. The molecule has 1 heterocycles. The first-order valence-corrected chi connectivity index (χ1v) is 6.30. The highest BCUT2D eigenvalue weighted by Gasteiger charge is 2.12. The topological polar surface area (TPSA) is 42.2 Å². The molecule has 0 aliphatic carbocycles. The fourth-order valence-electron chi connectivity index (χ4n) is 1.88. The summed E-state index contributed by atoms with van der Waals surface area (Å²) in [6.45, 7) is 5.80. The molecule has 2 rings (SSSR count). The summed E-state index contributed by atoms with van der Waals surface area (Å²) < 4.78 is 5.45. The number of carbonyl (C=O) groups is 1. The summed E-state index contributed by atoms with van der Waals surface area (Å²) >= 11 is 6.10. The van der Waals surface area contributed by atoms with E-state index in [2.05, 4.69) is 5.32 Å². The van der Waals surface area contributed by atoms with Gasteiger partial charge in [-0.05, 0) is 38.5 Å². The summed E-state index contributed by atoms with van der Waals surface area (Å²) in [5.74, 6) is -0.00982. The summed E-state index contributed by atoms with van der Waals surface area (Å²) in [6, 6.07) is 3.89. The van der Waals surface area contributed by atoms with Crippen molar-refractivity contribution in [2.45, 2.75) is 33.2 Å². The maximum Gasteiger partial charge on any atom is 0.224 e. The molecule has 2 aromatic rings. The van der Waals surface area contributed by atoms with Crippen LogP contribution >= 0.6 is 11.6 Å². The zero-order valence-electron chi connectivity index (χ0n) is 10.7. The number of halogens is 1. The first kappa shape index (κ1) is 13.0. The van der Waals surface area contributed by atoms with Gasteiger partial charge in [0.2, 0.25) is 5.91 Å². The molecule has 1 N–H and O–H groups in total. The highest BCUT2D eigenvalue weighted by molar-refractivity contribution is 6.32. The van der Waals surface area contributed by atoms with Gasteiger partial charge in [0.25, 0.3) is 0 Å². The Bertz CT molecular complexity index is 587. The summed E-state index contributed by atoms with van der Waals surface area (Å²) in [6.07, 6.45) is 1.94. The molecule has 0 fully saturated rings. The number of aryl methyl sites for hydroxylation is 1. The molecular weight excluding hydrogens is 250 g/mol. The van der Waals surface area contributed by atoms with Crippen molar-refractivity contribution >= 4 is 28.5 Å². The maximum atomic E-state index is 11.7. The number of amides is 1. The van der Waals surface area contributed by atoms with Gasteiger partial charge in [0.15, 0.2) is 0 Å². The van der Waals surface area contributed by atoms with Crippen LogP contribution < -0.4 is 5.32 Å². The Balaban J connectivity index is 2.29. The van der Waals surface area contributed by atoms with Crippen LogP contribution in [0.1, 0.15) is 25.0 Å². The molecule has 0 aliphatic rings. The molecule has 0 saturated heterocycles. The molecule has 1 aromatic carbocycles. The molecule has 4 heteroatoms. The van der Waals surface area contributed by atoms with Crippen molar-refractivity contribution in [2.75, 3.05) is 0 Å². The second kappa shape index (κ2) is 5.02. The minimum absolute atomic E-state index is 0.00982. The van der Waals surface area contributed by atoms with E-state index in [1.54, 1.807) is 6.26 Å². The second-order valence-corrected chi connectivity index (χ2v) is 5.16. The summed E-state index contributed by atoms with van der Waals surface area (Å²) in [7, 11) is 0. The Morgan fingerprint density at radius 1 is 1.44 bits per heavy atom. The Labute approximate surface area is 111 Å². The fraction of sp³-hybridized carbons (Fsp3) is 0.357. The predicted molar refractivity (Wildman–Crippen MR) is 72.9 cm³/mol. The first-order valence-electron chi connectivity index (χ1n) is 5.93. The van der Waals surface area contributed by atoms with Gasteiger partial charge in [0.1, 0.15) is 5.58 Å². The van der Waals surface area contributed by atoms with Crippen LogP contribution in [0.15, 0.2) is 22.8 Å². The lowest BCUT2D eigenvalue weighted by Gasteiger charge is -2.07. The van der Waals surface area contributed by atoms with Crippen molar-refractivity contribution in [3.05, 3.63) is 34.5 Å². The van der Waals surface area contributed by atoms with Gasteiger partial charge in [-0.1, -0.05) is 11.6 Å². The van der Waals surface area contributed by atoms with Gasteiger partial charge < -0.3 is 9.73 Å². The largest absolute Gasteiger partial charge is 0.464 e. The molecule has 3 nitrogen and oxygen atoms in total. The quantitative estimate of drug-likeness (QED) is 0.923. The standard InChI is InChI=1S/C14H16ClNO2/c1-8(2)16-14(17)5-10-7-18-13-4-9(3)12(15)6-11(10)13/h4,6-8H,5H2,1-3H3,(H,16,17). The van der Waals surface area contributed by atoms with E-state index in [1.807, 2.05) is 32.9 Å². The van der Waals surface area contributed by atoms with Gasteiger partial charge in [-0.2, -0.15) is 0 Å². The Morgan fingerprint density at radius 2 is 2.17 bits per heavy atom. The van der Waals surface area contributed by atoms with Gasteiger partial charge in [-0.15, -0.1) is 0 Å². The normalized spacial score (nSPS) is 11.2. The highest BCUT2D eigenvalue weighted by Crippen LogP contribution is 2.27. The third-order valence-electron chi connectivity index (χ3n) is 2.74. The van der Waals surface area contributed by atoms with Crippen LogP contribution in [-0.4, -0.2) is 11.9 Å². The SMILES string of the molecule is Cc1cc2occ(CC(=O)NC(C)C)c2cc1Cl. The van der Waals surface area contributed by atoms with E-state index in [-0.39, 0.29) is 11.9 Å². The van der Waals surface area contributed by atoms with Gasteiger partial charge >= 0.3 is 0 Å². The van der Waals surface area contributed by atoms with Crippen LogP contribution in [0.2, 0.25) is 5.02 Å². The molecule has 18 heavy (non-hydrogen) atoms. The van der Waals surface area contributed by atoms with Crippen molar-refractivity contribution in [3.8, 4) is 0 Å². The Morgan fingerprint density at radius 3 is 2.83 bits per heavy atom. The number of furan rings is 1. The molecule has 0 aliphatic heterocycles. The lowest BCUT2D eigenvalue weighted by Crippen LogP contribution is -2.31. The third kappa shape index (κ3) is 2.67. The van der Waals surface area contributed by atoms with Crippen molar-refractivity contribution in [3.63, 3.8) is 0 Å². The second-order valence-electron chi connectivity index (χ2n) is 4.76. The van der Waals surface area contributed by atoms with E-state index in [9.17, 15) is 4.79 Å². The number of hydrogen-bond donors (Lipinski definition) is 1. The molecule has 0 saturated carbocycles. The lowest BCUT2D eigenvalue weighted by molar-refractivity contribution is -0.120. The summed E-state index contributed by atoms with van der Waals surface area (Å²) in [5, 5.41) is 4.45. The molecule has 0 atom stereocenters. The molecule has 0 radical (unpaired) electrons. The smallest absolute Gasteiger partial charge is 0.224 e. The van der Waals surface area contributed by atoms with E-state index < -0.39 is 0 Å². The van der Waals surface area contributed by atoms with Crippen molar-refractivity contribution in [2.24, 2.45) is 0 Å². The number of hydrogen-bond acceptors (Lipinski definition) is 2. The van der Waals surface area contributed by atoms with E-state index in [0.29, 0.717) is 11.4 Å². The van der Waals surface area contributed by atoms with Crippen LogP contribution in [-0.2, 0) is 11.2 Å². The van der Waals surface area contributed by atoms with E-state index in [0.717, 1.165) is 22.1 Å². The first-order chi connectivity index (χ1) is 8.47. The third-order valence-corrected chi connectivity index (χ3v) is 3.14. The van der Waals surface area contributed by atoms with E-state index in [4.69, 9.17) is 16.0 Å². The average Bonchev–Trinajstić information content (AvgIpc) is 2.61. The van der Waals surface area contributed by atoms with Crippen LogP contribution in [0.5, 0.6) is 0 Å². The number of carbonyl (C=O) groups excluding carboxylic acids is 1. The minimum atomic E-state index is -0.00982. The van der Waals surface area contributed by atoms with Crippen molar-refractivity contribution in [1.29, 1.82) is 0 Å². The monoisotopic (exact) mass is 265 g/mol. The number of benzene rings is 1. The van der Waals surface area contributed by atoms with Gasteiger partial charge in [-0.25, -0.2) is 0 Å². The minimum Gasteiger partial charge on any atom is -0.464 e. The number of nitrogens with one attached hydrogen (secondary N) is 1. The van der Waals surface area contributed by atoms with Gasteiger partial charge in [-0.3, -0.25) is 4.79 Å². The predicted octanol–water partition coefficient (Wildman–Crippen LogP) is 3.46. The molecule has 0 spiro atoms. The van der Waals surface area contributed by atoms with Crippen LogP contribution in [0.3, 0.4) is 0 Å². The van der Waals surface area contributed by atoms with Crippen LogP contribution in [0.25, 0.3) is 11.0 Å². The average molecular weight is 266 g/mol. The Kier molecular flexibility index (Phi) is 3.62. The van der Waals surface area contributed by atoms with E-state index >= 15 is 0 Å². The van der Waals surface area contributed by atoms with E-state index in [1.165, 1.54) is 0 Å². The Hall–Kier alpha value is -1.48. The van der Waals surface area contributed by atoms with Crippen molar-refractivity contribution in [1.82, 2.24) is 5.32 Å². The zero-order valence-corrected chi connectivity index (χ0v) is 11.5.